The van der Waals surface area contributed by atoms with Crippen LogP contribution < -0.4 is 5.32 Å². The number of benzene rings is 1. The zero-order chi connectivity index (χ0) is 16.5. The molecule has 0 atom stereocenters. The fraction of sp³-hybridized carbons (Fsp3) is 0.400. The fourth-order valence-electron chi connectivity index (χ4n) is 2.64. The monoisotopic (exact) mass is 309 g/mol. The van der Waals surface area contributed by atoms with Crippen LogP contribution in [0.25, 0.3) is 0 Å². The summed E-state index contributed by atoms with van der Waals surface area (Å²) in [6.07, 6.45) is 8.06. The lowest BCUT2D eigenvalue weighted by Crippen LogP contribution is -2.10. The number of anilines is 1. The van der Waals surface area contributed by atoms with Crippen LogP contribution in [0.5, 0.6) is 0 Å². The molecule has 0 aliphatic carbocycles. The van der Waals surface area contributed by atoms with Crippen LogP contribution in [-0.4, -0.2) is 17.2 Å². The fourth-order valence-corrected chi connectivity index (χ4v) is 2.64. The third-order valence-electron chi connectivity index (χ3n) is 3.96. The lowest BCUT2D eigenvalue weighted by Gasteiger charge is -2.12. The van der Waals surface area contributed by atoms with Crippen molar-refractivity contribution in [1.29, 1.82) is 5.41 Å². The number of unbranched alkanes of at least 4 members (excludes halogenated alkanes) is 4. The summed E-state index contributed by atoms with van der Waals surface area (Å²) in [7, 11) is 0. The molecular weight excluding hydrogens is 282 g/mol. The molecule has 0 saturated heterocycles. The third-order valence-corrected chi connectivity index (χ3v) is 3.96. The molecule has 3 heteroatoms. The first-order chi connectivity index (χ1) is 11.2. The largest absolute Gasteiger partial charge is 0.370 e. The lowest BCUT2D eigenvalue weighted by atomic mass is 10.0. The van der Waals surface area contributed by atoms with Crippen molar-refractivity contribution < 1.29 is 0 Å². The maximum absolute atomic E-state index is 8.50. The van der Waals surface area contributed by atoms with Gasteiger partial charge in [-0.15, -0.1) is 0 Å². The Labute approximate surface area is 139 Å². The molecule has 2 aromatic rings. The molecule has 1 aromatic heterocycles. The van der Waals surface area contributed by atoms with E-state index in [1.807, 2.05) is 30.3 Å². The molecule has 122 valence electrons. The van der Waals surface area contributed by atoms with Gasteiger partial charge < -0.3 is 5.32 Å². The SMILES string of the molecule is CCCCCCCNc1ncccc1C(=N)c1cccc(C)c1. The molecule has 2 N–H and O–H groups in total. The smallest absolute Gasteiger partial charge is 0.135 e. The third kappa shape index (κ3) is 5.20. The Hall–Kier alpha value is -2.16. The Morgan fingerprint density at radius 2 is 1.91 bits per heavy atom. The topological polar surface area (TPSA) is 48.8 Å². The molecule has 1 heterocycles. The van der Waals surface area contributed by atoms with E-state index in [9.17, 15) is 0 Å². The summed E-state index contributed by atoms with van der Waals surface area (Å²) in [5.74, 6) is 0.814. The number of nitrogens with one attached hydrogen (secondary N) is 2. The van der Waals surface area contributed by atoms with Crippen LogP contribution in [0.4, 0.5) is 5.82 Å². The minimum absolute atomic E-state index is 0.523. The molecule has 0 unspecified atom stereocenters. The van der Waals surface area contributed by atoms with E-state index < -0.39 is 0 Å². The highest BCUT2D eigenvalue weighted by Crippen LogP contribution is 2.18. The molecule has 3 nitrogen and oxygen atoms in total. The Balaban J connectivity index is 2.01. The maximum Gasteiger partial charge on any atom is 0.135 e. The van der Waals surface area contributed by atoms with Gasteiger partial charge in [0.15, 0.2) is 0 Å². The summed E-state index contributed by atoms with van der Waals surface area (Å²) in [5, 5.41) is 11.9. The van der Waals surface area contributed by atoms with Gasteiger partial charge in [0.25, 0.3) is 0 Å². The van der Waals surface area contributed by atoms with Crippen LogP contribution >= 0.6 is 0 Å². The second kappa shape index (κ2) is 9.09. The number of aryl methyl sites for hydroxylation is 1. The van der Waals surface area contributed by atoms with Gasteiger partial charge in [0.1, 0.15) is 5.82 Å². The average molecular weight is 309 g/mol. The minimum Gasteiger partial charge on any atom is -0.370 e. The van der Waals surface area contributed by atoms with E-state index >= 15 is 0 Å². The second-order valence-electron chi connectivity index (χ2n) is 5.99. The van der Waals surface area contributed by atoms with Gasteiger partial charge >= 0.3 is 0 Å². The van der Waals surface area contributed by atoms with Crippen molar-refractivity contribution in [3.63, 3.8) is 0 Å². The summed E-state index contributed by atoms with van der Waals surface area (Å²) < 4.78 is 0. The number of hydrogen-bond acceptors (Lipinski definition) is 3. The zero-order valence-electron chi connectivity index (χ0n) is 14.2. The van der Waals surface area contributed by atoms with E-state index in [4.69, 9.17) is 5.41 Å². The molecule has 2 rings (SSSR count). The summed E-state index contributed by atoms with van der Waals surface area (Å²) in [6.45, 7) is 5.19. The first-order valence-corrected chi connectivity index (χ1v) is 8.57. The normalized spacial score (nSPS) is 10.5. The quantitative estimate of drug-likeness (QED) is 0.495. The summed E-state index contributed by atoms with van der Waals surface area (Å²) in [5.41, 5.74) is 3.49. The highest BCUT2D eigenvalue weighted by Gasteiger charge is 2.10. The van der Waals surface area contributed by atoms with E-state index in [2.05, 4.69) is 30.2 Å². The molecule has 0 bridgehead atoms. The van der Waals surface area contributed by atoms with E-state index in [1.54, 1.807) is 6.20 Å². The predicted octanol–water partition coefficient (Wildman–Crippen LogP) is 5.19. The van der Waals surface area contributed by atoms with E-state index in [0.29, 0.717) is 5.71 Å². The number of hydrogen-bond donors (Lipinski definition) is 2. The van der Waals surface area contributed by atoms with Crippen molar-refractivity contribution in [2.75, 3.05) is 11.9 Å². The second-order valence-corrected chi connectivity index (χ2v) is 5.99. The van der Waals surface area contributed by atoms with Crippen molar-refractivity contribution >= 4 is 11.5 Å². The summed E-state index contributed by atoms with van der Waals surface area (Å²) in [6, 6.07) is 11.9. The van der Waals surface area contributed by atoms with Gasteiger partial charge in [0.05, 0.1) is 5.71 Å². The van der Waals surface area contributed by atoms with Gasteiger partial charge in [-0.25, -0.2) is 4.98 Å². The van der Waals surface area contributed by atoms with Gasteiger partial charge in [-0.1, -0.05) is 56.4 Å². The van der Waals surface area contributed by atoms with Crippen LogP contribution in [0.3, 0.4) is 0 Å². The molecule has 1 aromatic carbocycles. The van der Waals surface area contributed by atoms with Gasteiger partial charge in [0.2, 0.25) is 0 Å². The number of nitrogens with zero attached hydrogens (tertiary/aromatic N) is 1. The highest BCUT2D eigenvalue weighted by molar-refractivity contribution is 6.13. The highest BCUT2D eigenvalue weighted by atomic mass is 15.0. The van der Waals surface area contributed by atoms with E-state index in [-0.39, 0.29) is 0 Å². The number of pyridine rings is 1. The molecule has 0 aliphatic heterocycles. The van der Waals surface area contributed by atoms with Crippen LogP contribution in [0.2, 0.25) is 0 Å². The maximum atomic E-state index is 8.50. The Morgan fingerprint density at radius 1 is 1.09 bits per heavy atom. The van der Waals surface area contributed by atoms with Crippen LogP contribution in [0.1, 0.15) is 55.7 Å². The Kier molecular flexibility index (Phi) is 6.79. The first kappa shape index (κ1) is 17.2. The number of rotatable bonds is 9. The molecule has 0 radical (unpaired) electrons. The van der Waals surface area contributed by atoms with E-state index in [0.717, 1.165) is 29.9 Å². The van der Waals surface area contributed by atoms with Gasteiger partial charge in [-0.2, -0.15) is 0 Å². The summed E-state index contributed by atoms with van der Waals surface area (Å²) >= 11 is 0. The van der Waals surface area contributed by atoms with Crippen LogP contribution in [0.15, 0.2) is 42.6 Å². The number of aromatic nitrogens is 1. The van der Waals surface area contributed by atoms with E-state index in [1.165, 1.54) is 31.2 Å². The van der Waals surface area contributed by atoms with Crippen molar-refractivity contribution in [3.8, 4) is 0 Å². The molecule has 23 heavy (non-hydrogen) atoms. The molecule has 0 fully saturated rings. The Morgan fingerprint density at radius 3 is 2.70 bits per heavy atom. The molecular formula is C20H27N3. The van der Waals surface area contributed by atoms with Crippen molar-refractivity contribution in [1.82, 2.24) is 4.98 Å². The molecule has 0 spiro atoms. The lowest BCUT2D eigenvalue weighted by molar-refractivity contribution is 0.645. The van der Waals surface area contributed by atoms with Crippen molar-refractivity contribution in [2.24, 2.45) is 0 Å². The Bertz CT molecular complexity index is 634. The van der Waals surface area contributed by atoms with Crippen molar-refractivity contribution in [2.45, 2.75) is 46.0 Å². The van der Waals surface area contributed by atoms with Crippen LogP contribution in [0, 0.1) is 12.3 Å². The standard InChI is InChI=1S/C20H27N3/c1-3-4-5-6-7-13-22-20-18(12-9-14-23-20)19(21)17-11-8-10-16(2)15-17/h8-12,14-15,21H,3-7,13H2,1-2H3,(H,22,23). The molecule has 0 amide bonds. The average Bonchev–Trinajstić information content (AvgIpc) is 2.58. The zero-order valence-corrected chi connectivity index (χ0v) is 14.2. The summed E-state index contributed by atoms with van der Waals surface area (Å²) in [4.78, 5) is 4.43. The minimum atomic E-state index is 0.523. The van der Waals surface area contributed by atoms with Gasteiger partial charge in [-0.3, -0.25) is 5.41 Å². The van der Waals surface area contributed by atoms with Crippen molar-refractivity contribution in [3.05, 3.63) is 59.3 Å². The van der Waals surface area contributed by atoms with Crippen LogP contribution in [-0.2, 0) is 0 Å². The molecule has 0 aliphatic rings. The first-order valence-electron chi connectivity index (χ1n) is 8.57. The predicted molar refractivity (Wildman–Crippen MR) is 98.6 cm³/mol. The van der Waals surface area contributed by atoms with Gasteiger partial charge in [-0.05, 0) is 31.5 Å². The molecule has 0 saturated carbocycles. The van der Waals surface area contributed by atoms with Gasteiger partial charge in [0, 0.05) is 23.9 Å².